The second-order valence-electron chi connectivity index (χ2n) is 5.88. The van der Waals surface area contributed by atoms with Crippen molar-refractivity contribution in [3.63, 3.8) is 0 Å². The smallest absolute Gasteiger partial charge is 0.122 e. The maximum absolute atomic E-state index is 5.78. The van der Waals surface area contributed by atoms with Crippen LogP contribution in [0.1, 0.15) is 29.5 Å². The number of hydrogen-bond acceptors (Lipinski definition) is 3. The number of benzene rings is 1. The van der Waals surface area contributed by atoms with Gasteiger partial charge >= 0.3 is 0 Å². The second-order valence-corrected chi connectivity index (χ2v) is 5.88. The predicted molar refractivity (Wildman–Crippen MR) is 79.8 cm³/mol. The molecule has 3 nitrogen and oxygen atoms in total. The van der Waals surface area contributed by atoms with Crippen molar-refractivity contribution < 1.29 is 4.74 Å². The molecule has 3 heteroatoms. The molecule has 1 saturated carbocycles. The van der Waals surface area contributed by atoms with Gasteiger partial charge in [-0.2, -0.15) is 0 Å². The molecular weight excluding hydrogens is 236 g/mol. The van der Waals surface area contributed by atoms with Crippen molar-refractivity contribution in [3.8, 4) is 5.75 Å². The summed E-state index contributed by atoms with van der Waals surface area (Å²) in [4.78, 5) is 0. The van der Waals surface area contributed by atoms with Crippen molar-refractivity contribution in [2.45, 2.75) is 33.1 Å². The fourth-order valence-electron chi connectivity index (χ4n) is 2.44. The minimum absolute atomic E-state index is 0.410. The monoisotopic (exact) mass is 262 g/mol. The standard InChI is InChI=1S/C16H26N2O/c1-12-8-14(15(19-3)9-13(12)2)4-7-18-11-16(10-17)5-6-16/h8-9,18H,4-7,10-11,17H2,1-3H3. The number of aryl methyl sites for hydroxylation is 2. The molecule has 1 aromatic rings. The van der Waals surface area contributed by atoms with Gasteiger partial charge in [-0.25, -0.2) is 0 Å². The molecule has 106 valence electrons. The first-order valence-electron chi connectivity index (χ1n) is 7.15. The fourth-order valence-corrected chi connectivity index (χ4v) is 2.44. The normalized spacial score (nSPS) is 16.4. The zero-order valence-corrected chi connectivity index (χ0v) is 12.4. The zero-order valence-electron chi connectivity index (χ0n) is 12.4. The number of nitrogens with one attached hydrogen (secondary N) is 1. The first kappa shape index (κ1) is 14.4. The molecule has 1 fully saturated rings. The van der Waals surface area contributed by atoms with E-state index in [1.165, 1.54) is 29.5 Å². The third-order valence-corrected chi connectivity index (χ3v) is 4.36. The Morgan fingerprint density at radius 3 is 2.53 bits per heavy atom. The molecular formula is C16H26N2O. The van der Waals surface area contributed by atoms with E-state index >= 15 is 0 Å². The first-order chi connectivity index (χ1) is 9.10. The number of rotatable bonds is 7. The Labute approximate surface area is 116 Å². The van der Waals surface area contributed by atoms with Crippen LogP contribution in [0.4, 0.5) is 0 Å². The average Bonchev–Trinajstić information content (AvgIpc) is 3.19. The van der Waals surface area contributed by atoms with Gasteiger partial charge in [0.2, 0.25) is 0 Å². The van der Waals surface area contributed by atoms with Crippen molar-refractivity contribution in [1.82, 2.24) is 5.32 Å². The Balaban J connectivity index is 1.87. The molecule has 0 aliphatic heterocycles. The van der Waals surface area contributed by atoms with E-state index in [0.29, 0.717) is 5.41 Å². The molecule has 0 radical (unpaired) electrons. The minimum Gasteiger partial charge on any atom is -0.496 e. The summed E-state index contributed by atoms with van der Waals surface area (Å²) in [5.74, 6) is 1.00. The lowest BCUT2D eigenvalue weighted by Gasteiger charge is -2.15. The van der Waals surface area contributed by atoms with Gasteiger partial charge in [0.1, 0.15) is 5.75 Å². The quantitative estimate of drug-likeness (QED) is 0.740. The SMILES string of the molecule is COc1cc(C)c(C)cc1CCNCC1(CN)CC1. The highest BCUT2D eigenvalue weighted by atomic mass is 16.5. The van der Waals surface area contributed by atoms with E-state index in [2.05, 4.69) is 31.3 Å². The Bertz CT molecular complexity index is 439. The third-order valence-electron chi connectivity index (χ3n) is 4.36. The van der Waals surface area contributed by atoms with Gasteiger partial charge in [0, 0.05) is 6.54 Å². The summed E-state index contributed by atoms with van der Waals surface area (Å²) in [6.45, 7) is 7.13. The molecule has 0 atom stereocenters. The predicted octanol–water partition coefficient (Wildman–Crippen LogP) is 2.18. The van der Waals surface area contributed by atoms with Crippen molar-refractivity contribution in [1.29, 1.82) is 0 Å². The molecule has 1 aliphatic rings. The van der Waals surface area contributed by atoms with Crippen LogP contribution in [0.25, 0.3) is 0 Å². The highest BCUT2D eigenvalue weighted by Crippen LogP contribution is 2.43. The van der Waals surface area contributed by atoms with E-state index in [1.54, 1.807) is 7.11 Å². The molecule has 3 N–H and O–H groups in total. The van der Waals surface area contributed by atoms with Gasteiger partial charge in [0.15, 0.2) is 0 Å². The minimum atomic E-state index is 0.410. The number of nitrogens with two attached hydrogens (primary N) is 1. The summed E-state index contributed by atoms with van der Waals surface area (Å²) < 4.78 is 5.46. The summed E-state index contributed by atoms with van der Waals surface area (Å²) in [6, 6.07) is 4.37. The number of ether oxygens (including phenoxy) is 1. The van der Waals surface area contributed by atoms with E-state index in [-0.39, 0.29) is 0 Å². The molecule has 0 unspecified atom stereocenters. The molecule has 1 aliphatic carbocycles. The molecule has 0 spiro atoms. The molecule has 0 amide bonds. The third kappa shape index (κ3) is 3.48. The van der Waals surface area contributed by atoms with Crippen molar-refractivity contribution in [2.75, 3.05) is 26.7 Å². The molecule has 0 saturated heterocycles. The molecule has 2 rings (SSSR count). The summed E-state index contributed by atoms with van der Waals surface area (Å²) in [5.41, 5.74) is 10.1. The van der Waals surface area contributed by atoms with Gasteiger partial charge in [-0.1, -0.05) is 6.07 Å². The Hall–Kier alpha value is -1.06. The van der Waals surface area contributed by atoms with Crippen LogP contribution in [-0.2, 0) is 6.42 Å². The summed E-state index contributed by atoms with van der Waals surface area (Å²) in [5, 5.41) is 3.54. The summed E-state index contributed by atoms with van der Waals surface area (Å²) in [6.07, 6.45) is 3.57. The van der Waals surface area contributed by atoms with Crippen molar-refractivity contribution in [2.24, 2.45) is 11.1 Å². The highest BCUT2D eigenvalue weighted by molar-refractivity contribution is 5.41. The van der Waals surface area contributed by atoms with Crippen LogP contribution in [0.3, 0.4) is 0 Å². The van der Waals surface area contributed by atoms with Crippen LogP contribution in [0.15, 0.2) is 12.1 Å². The van der Waals surface area contributed by atoms with Gasteiger partial charge in [-0.05, 0) is 74.4 Å². The van der Waals surface area contributed by atoms with Crippen LogP contribution in [0.2, 0.25) is 0 Å². The molecule has 0 aromatic heterocycles. The molecule has 19 heavy (non-hydrogen) atoms. The van der Waals surface area contributed by atoms with Crippen LogP contribution >= 0.6 is 0 Å². The first-order valence-corrected chi connectivity index (χ1v) is 7.15. The van der Waals surface area contributed by atoms with E-state index in [0.717, 1.165) is 31.8 Å². The fraction of sp³-hybridized carbons (Fsp3) is 0.625. The van der Waals surface area contributed by atoms with Crippen molar-refractivity contribution >= 4 is 0 Å². The van der Waals surface area contributed by atoms with E-state index < -0.39 is 0 Å². The van der Waals surface area contributed by atoms with E-state index in [4.69, 9.17) is 10.5 Å². The van der Waals surface area contributed by atoms with Crippen molar-refractivity contribution in [3.05, 3.63) is 28.8 Å². The number of methoxy groups -OCH3 is 1. The maximum Gasteiger partial charge on any atom is 0.122 e. The largest absolute Gasteiger partial charge is 0.496 e. The molecule has 0 heterocycles. The van der Waals surface area contributed by atoms with E-state index in [1.807, 2.05) is 0 Å². The van der Waals surface area contributed by atoms with Gasteiger partial charge in [0.05, 0.1) is 7.11 Å². The van der Waals surface area contributed by atoms with Crippen LogP contribution in [0, 0.1) is 19.3 Å². The lowest BCUT2D eigenvalue weighted by molar-refractivity contribution is 0.407. The van der Waals surface area contributed by atoms with Crippen LogP contribution in [-0.4, -0.2) is 26.7 Å². The van der Waals surface area contributed by atoms with E-state index in [9.17, 15) is 0 Å². The average molecular weight is 262 g/mol. The lowest BCUT2D eigenvalue weighted by atomic mass is 10.0. The van der Waals surface area contributed by atoms with Crippen LogP contribution in [0.5, 0.6) is 5.75 Å². The highest BCUT2D eigenvalue weighted by Gasteiger charge is 2.40. The van der Waals surface area contributed by atoms with Gasteiger partial charge in [0.25, 0.3) is 0 Å². The zero-order chi connectivity index (χ0) is 13.9. The Kier molecular flexibility index (Phi) is 4.48. The molecule has 0 bridgehead atoms. The number of hydrogen-bond donors (Lipinski definition) is 2. The van der Waals surface area contributed by atoms with Gasteiger partial charge in [-0.15, -0.1) is 0 Å². The Morgan fingerprint density at radius 1 is 1.26 bits per heavy atom. The molecule has 1 aromatic carbocycles. The lowest BCUT2D eigenvalue weighted by Crippen LogP contribution is -2.30. The second kappa shape index (κ2) is 5.93. The summed E-state index contributed by atoms with van der Waals surface area (Å²) in [7, 11) is 1.74. The van der Waals surface area contributed by atoms with Gasteiger partial charge in [-0.3, -0.25) is 0 Å². The Morgan fingerprint density at radius 2 is 1.95 bits per heavy atom. The maximum atomic E-state index is 5.78. The van der Waals surface area contributed by atoms with Gasteiger partial charge < -0.3 is 15.8 Å². The summed E-state index contributed by atoms with van der Waals surface area (Å²) >= 11 is 0. The topological polar surface area (TPSA) is 47.3 Å². The van der Waals surface area contributed by atoms with Crippen LogP contribution < -0.4 is 15.8 Å².